The van der Waals surface area contributed by atoms with Crippen LogP contribution in [0.25, 0.3) is 0 Å². The van der Waals surface area contributed by atoms with Crippen molar-refractivity contribution in [1.82, 2.24) is 4.90 Å². The third kappa shape index (κ3) is 5.53. The number of hydrogen-bond donors (Lipinski definition) is 1. The van der Waals surface area contributed by atoms with Crippen molar-refractivity contribution in [1.29, 1.82) is 0 Å². The molecule has 0 atom stereocenters. The first-order valence-corrected chi connectivity index (χ1v) is 9.39. The zero-order chi connectivity index (χ0) is 18.9. The Labute approximate surface area is 156 Å². The smallest absolute Gasteiger partial charge is 0.238 e. The Morgan fingerprint density at radius 1 is 1.00 bits per heavy atom. The van der Waals surface area contributed by atoms with Crippen molar-refractivity contribution in [3.8, 4) is 17.2 Å². The van der Waals surface area contributed by atoms with Crippen LogP contribution in [-0.4, -0.2) is 51.8 Å². The number of methoxy groups -OCH3 is 3. The van der Waals surface area contributed by atoms with E-state index in [-0.39, 0.29) is 5.91 Å². The lowest BCUT2D eigenvalue weighted by molar-refractivity contribution is -0.117. The van der Waals surface area contributed by atoms with Gasteiger partial charge in [-0.05, 0) is 19.9 Å². The first-order chi connectivity index (χ1) is 12.6. The average molecular weight is 364 g/mol. The molecule has 0 heterocycles. The Balaban J connectivity index is 2.00. The van der Waals surface area contributed by atoms with Crippen molar-refractivity contribution in [2.75, 3.05) is 40.2 Å². The molecule has 0 radical (unpaired) electrons. The van der Waals surface area contributed by atoms with Crippen LogP contribution < -0.4 is 19.5 Å². The van der Waals surface area contributed by atoms with E-state index in [9.17, 15) is 4.79 Å². The van der Waals surface area contributed by atoms with Gasteiger partial charge in [-0.25, -0.2) is 0 Å². The number of ether oxygens (including phenoxy) is 3. The molecular weight excluding hydrogens is 332 g/mol. The van der Waals surface area contributed by atoms with Gasteiger partial charge in [0.2, 0.25) is 11.7 Å². The fourth-order valence-electron chi connectivity index (χ4n) is 3.58. The number of rotatable bonds is 7. The number of carbonyl (C=O) groups is 1. The van der Waals surface area contributed by atoms with Gasteiger partial charge in [-0.15, -0.1) is 0 Å². The van der Waals surface area contributed by atoms with E-state index in [2.05, 4.69) is 10.2 Å². The van der Waals surface area contributed by atoms with Gasteiger partial charge < -0.3 is 19.5 Å². The molecule has 1 fully saturated rings. The number of anilines is 1. The number of carbonyl (C=O) groups excluding carboxylic acids is 1. The quantitative estimate of drug-likeness (QED) is 0.799. The molecule has 0 bridgehead atoms. The average Bonchev–Trinajstić information content (AvgIpc) is 2.60. The van der Waals surface area contributed by atoms with Gasteiger partial charge >= 0.3 is 0 Å². The first kappa shape index (κ1) is 20.4. The second-order valence-corrected chi connectivity index (χ2v) is 6.88. The molecule has 1 N–H and O–H groups in total. The molecular formula is C20H32N2O4. The van der Waals surface area contributed by atoms with Crippen LogP contribution in [0.2, 0.25) is 0 Å². The minimum absolute atomic E-state index is 0.0381. The van der Waals surface area contributed by atoms with Gasteiger partial charge in [-0.2, -0.15) is 0 Å². The van der Waals surface area contributed by atoms with Gasteiger partial charge in [0.1, 0.15) is 0 Å². The van der Waals surface area contributed by atoms with Gasteiger partial charge in [-0.3, -0.25) is 9.69 Å². The molecule has 1 saturated carbocycles. The summed E-state index contributed by atoms with van der Waals surface area (Å²) in [4.78, 5) is 14.7. The summed E-state index contributed by atoms with van der Waals surface area (Å²) in [5, 5.41) is 2.94. The largest absolute Gasteiger partial charge is 0.493 e. The highest BCUT2D eigenvalue weighted by Gasteiger charge is 2.19. The maximum Gasteiger partial charge on any atom is 0.238 e. The first-order valence-electron chi connectivity index (χ1n) is 9.39. The van der Waals surface area contributed by atoms with Crippen molar-refractivity contribution in [3.05, 3.63) is 12.1 Å². The van der Waals surface area contributed by atoms with E-state index in [4.69, 9.17) is 14.2 Å². The maximum atomic E-state index is 12.5. The van der Waals surface area contributed by atoms with Gasteiger partial charge in [0, 0.05) is 23.9 Å². The molecule has 1 aliphatic rings. The van der Waals surface area contributed by atoms with E-state index in [1.807, 2.05) is 7.05 Å². The molecule has 0 aliphatic heterocycles. The summed E-state index contributed by atoms with van der Waals surface area (Å²) in [5.74, 6) is 1.52. The lowest BCUT2D eigenvalue weighted by Gasteiger charge is -2.29. The Morgan fingerprint density at radius 2 is 1.54 bits per heavy atom. The van der Waals surface area contributed by atoms with Gasteiger partial charge in [0.15, 0.2) is 11.5 Å². The van der Waals surface area contributed by atoms with Crippen LogP contribution in [0.5, 0.6) is 17.2 Å². The maximum absolute atomic E-state index is 12.5. The summed E-state index contributed by atoms with van der Waals surface area (Å²) in [7, 11) is 6.72. The lowest BCUT2D eigenvalue weighted by Crippen LogP contribution is -2.38. The van der Waals surface area contributed by atoms with Crippen molar-refractivity contribution in [3.63, 3.8) is 0 Å². The van der Waals surface area contributed by atoms with Crippen molar-refractivity contribution in [2.24, 2.45) is 0 Å². The summed E-state index contributed by atoms with van der Waals surface area (Å²) in [6.45, 7) is 0.376. The van der Waals surface area contributed by atoms with Crippen LogP contribution in [0, 0.1) is 0 Å². The minimum atomic E-state index is -0.0381. The molecule has 0 saturated heterocycles. The predicted octanol–water partition coefficient (Wildman–Crippen LogP) is 3.70. The fourth-order valence-corrected chi connectivity index (χ4v) is 3.58. The zero-order valence-corrected chi connectivity index (χ0v) is 16.5. The molecule has 0 unspecified atom stereocenters. The zero-order valence-electron chi connectivity index (χ0n) is 16.5. The number of nitrogens with one attached hydrogen (secondary N) is 1. The van der Waals surface area contributed by atoms with E-state index < -0.39 is 0 Å². The van der Waals surface area contributed by atoms with E-state index in [1.165, 1.54) is 44.9 Å². The number of hydrogen-bond acceptors (Lipinski definition) is 5. The van der Waals surface area contributed by atoms with Crippen molar-refractivity contribution >= 4 is 11.6 Å². The Kier molecular flexibility index (Phi) is 8.04. The molecule has 1 aromatic rings. The monoisotopic (exact) mass is 364 g/mol. The number of amides is 1. The standard InChI is InChI=1S/C20H32N2O4/c1-22(16-10-8-6-5-7-9-11-16)14-19(23)21-15-12-17(24-2)20(26-4)18(13-15)25-3/h12-13,16H,5-11,14H2,1-4H3,(H,21,23). The van der Waals surface area contributed by atoms with Crippen LogP contribution >= 0.6 is 0 Å². The second kappa shape index (κ2) is 10.3. The molecule has 2 rings (SSSR count). The van der Waals surface area contributed by atoms with Gasteiger partial charge in [-0.1, -0.05) is 32.1 Å². The summed E-state index contributed by atoms with van der Waals surface area (Å²) >= 11 is 0. The highest BCUT2D eigenvalue weighted by Crippen LogP contribution is 2.39. The van der Waals surface area contributed by atoms with E-state index >= 15 is 0 Å². The lowest BCUT2D eigenvalue weighted by atomic mass is 9.96. The molecule has 0 aromatic heterocycles. The normalized spacial score (nSPS) is 15.9. The van der Waals surface area contributed by atoms with Crippen LogP contribution in [0.1, 0.15) is 44.9 Å². The second-order valence-electron chi connectivity index (χ2n) is 6.88. The topological polar surface area (TPSA) is 60.0 Å². The van der Waals surface area contributed by atoms with Gasteiger partial charge in [0.25, 0.3) is 0 Å². The summed E-state index contributed by atoms with van der Waals surface area (Å²) in [5.41, 5.74) is 0.635. The van der Waals surface area contributed by atoms with Crippen LogP contribution in [0.15, 0.2) is 12.1 Å². The third-order valence-corrected chi connectivity index (χ3v) is 5.04. The van der Waals surface area contributed by atoms with Crippen LogP contribution in [0.3, 0.4) is 0 Å². The number of nitrogens with zero attached hydrogens (tertiary/aromatic N) is 1. The van der Waals surface area contributed by atoms with Crippen molar-refractivity contribution in [2.45, 2.75) is 51.0 Å². The molecule has 1 aromatic carbocycles. The molecule has 6 heteroatoms. The molecule has 146 valence electrons. The Hall–Kier alpha value is -1.95. The molecule has 1 amide bonds. The van der Waals surface area contributed by atoms with E-state index in [0.717, 1.165) is 0 Å². The Bertz CT molecular complexity index is 558. The highest BCUT2D eigenvalue weighted by molar-refractivity contribution is 5.93. The van der Waals surface area contributed by atoms with Crippen LogP contribution in [0.4, 0.5) is 5.69 Å². The SMILES string of the molecule is COc1cc(NC(=O)CN(C)C2CCCCCCC2)cc(OC)c1OC. The fraction of sp³-hybridized carbons (Fsp3) is 0.650. The summed E-state index contributed by atoms with van der Waals surface area (Å²) in [6, 6.07) is 3.98. The number of likely N-dealkylation sites (N-methyl/N-ethyl adjacent to an activating group) is 1. The Morgan fingerprint density at radius 3 is 2.04 bits per heavy atom. The molecule has 26 heavy (non-hydrogen) atoms. The minimum Gasteiger partial charge on any atom is -0.493 e. The number of benzene rings is 1. The third-order valence-electron chi connectivity index (χ3n) is 5.04. The van der Waals surface area contributed by atoms with Crippen molar-refractivity contribution < 1.29 is 19.0 Å². The summed E-state index contributed by atoms with van der Waals surface area (Å²) < 4.78 is 16.0. The van der Waals surface area contributed by atoms with E-state index in [1.54, 1.807) is 33.5 Å². The molecule has 1 aliphatic carbocycles. The van der Waals surface area contributed by atoms with Gasteiger partial charge in [0.05, 0.1) is 27.9 Å². The molecule has 6 nitrogen and oxygen atoms in total. The molecule has 0 spiro atoms. The van der Waals surface area contributed by atoms with E-state index in [0.29, 0.717) is 35.5 Å². The highest BCUT2D eigenvalue weighted by atomic mass is 16.5. The van der Waals surface area contributed by atoms with Crippen LogP contribution in [-0.2, 0) is 4.79 Å². The predicted molar refractivity (Wildman–Crippen MR) is 103 cm³/mol. The summed E-state index contributed by atoms with van der Waals surface area (Å²) in [6.07, 6.45) is 8.82.